The van der Waals surface area contributed by atoms with Crippen LogP contribution in [0.25, 0.3) is 0 Å². The molecule has 2 atom stereocenters. The van der Waals surface area contributed by atoms with Crippen LogP contribution in [-0.4, -0.2) is 70.0 Å². The van der Waals surface area contributed by atoms with Crippen LogP contribution in [0.5, 0.6) is 0 Å². The molecular formula is C76H128NO8P. The van der Waals surface area contributed by atoms with Gasteiger partial charge >= 0.3 is 11.9 Å². The molecule has 0 heterocycles. The fourth-order valence-electron chi connectivity index (χ4n) is 9.14. The minimum absolute atomic E-state index is 0.0475. The Bertz CT molecular complexity index is 1960. The van der Waals surface area contributed by atoms with Gasteiger partial charge in [-0.15, -0.1) is 0 Å². The molecule has 0 saturated carbocycles. The summed E-state index contributed by atoms with van der Waals surface area (Å²) in [7, 11) is 1.12. The molecule has 0 aliphatic heterocycles. The summed E-state index contributed by atoms with van der Waals surface area (Å²) < 4.78 is 34.2. The van der Waals surface area contributed by atoms with Crippen LogP contribution in [0.15, 0.2) is 146 Å². The number of unbranched alkanes of at least 4 members (excludes halogenated alkanes) is 24. The summed E-state index contributed by atoms with van der Waals surface area (Å²) in [6.45, 7) is 3.95. The van der Waals surface area contributed by atoms with Gasteiger partial charge in [0.1, 0.15) is 19.8 Å². The topological polar surface area (TPSA) is 111 Å². The number of quaternary nitrogens is 1. The molecular weight excluding hydrogens is 1090 g/mol. The highest BCUT2D eigenvalue weighted by Gasteiger charge is 2.22. The van der Waals surface area contributed by atoms with Crippen LogP contribution in [0.2, 0.25) is 0 Å². The van der Waals surface area contributed by atoms with Gasteiger partial charge in [0.05, 0.1) is 27.7 Å². The highest BCUT2D eigenvalue weighted by atomic mass is 31.2. The lowest BCUT2D eigenvalue weighted by Gasteiger charge is -2.28. The summed E-state index contributed by atoms with van der Waals surface area (Å²) in [5, 5.41) is 0. The molecule has 9 nitrogen and oxygen atoms in total. The summed E-state index contributed by atoms with van der Waals surface area (Å²) in [4.78, 5) is 38.0. The van der Waals surface area contributed by atoms with Crippen molar-refractivity contribution < 1.29 is 42.1 Å². The third-order valence-corrected chi connectivity index (χ3v) is 15.3. The van der Waals surface area contributed by atoms with Crippen LogP contribution in [0.4, 0.5) is 0 Å². The number of phosphoric acid groups is 1. The fourth-order valence-corrected chi connectivity index (χ4v) is 9.87. The van der Waals surface area contributed by atoms with Crippen molar-refractivity contribution in [2.24, 2.45) is 0 Å². The predicted molar refractivity (Wildman–Crippen MR) is 369 cm³/mol. The minimum Gasteiger partial charge on any atom is -0.756 e. The molecule has 10 heteroatoms. The van der Waals surface area contributed by atoms with E-state index in [1.807, 2.05) is 27.2 Å². The van der Waals surface area contributed by atoms with E-state index >= 15 is 0 Å². The smallest absolute Gasteiger partial charge is 0.306 e. The molecule has 0 aliphatic carbocycles. The van der Waals surface area contributed by atoms with Crippen LogP contribution in [0.1, 0.15) is 271 Å². The zero-order valence-corrected chi connectivity index (χ0v) is 56.6. The highest BCUT2D eigenvalue weighted by Crippen LogP contribution is 2.38. The second-order valence-corrected chi connectivity index (χ2v) is 25.2. The molecule has 0 rings (SSSR count). The normalized spacial score (nSPS) is 14.1. The van der Waals surface area contributed by atoms with Crippen molar-refractivity contribution in [3.63, 3.8) is 0 Å². The first kappa shape index (κ1) is 81.9. The third-order valence-electron chi connectivity index (χ3n) is 14.4. The molecule has 0 aliphatic rings. The Hall–Kier alpha value is -4.11. The minimum atomic E-state index is -4.66. The third kappa shape index (κ3) is 69.0. The summed E-state index contributed by atoms with van der Waals surface area (Å²) in [6, 6.07) is 0. The molecule has 86 heavy (non-hydrogen) atoms. The van der Waals surface area contributed by atoms with E-state index in [-0.39, 0.29) is 26.1 Å². The zero-order valence-electron chi connectivity index (χ0n) is 55.7. The van der Waals surface area contributed by atoms with E-state index in [1.165, 1.54) is 135 Å². The largest absolute Gasteiger partial charge is 0.756 e. The maximum atomic E-state index is 12.8. The van der Waals surface area contributed by atoms with E-state index in [0.717, 1.165) is 96.3 Å². The average molecular weight is 1210 g/mol. The van der Waals surface area contributed by atoms with Crippen molar-refractivity contribution in [1.29, 1.82) is 0 Å². The number of ether oxygens (including phenoxy) is 2. The summed E-state index contributed by atoms with van der Waals surface area (Å²) in [5.41, 5.74) is 0. The Kier molecular flexibility index (Phi) is 62.2. The maximum absolute atomic E-state index is 12.8. The molecule has 0 fully saturated rings. The first-order chi connectivity index (χ1) is 42.0. The number of hydrogen-bond donors (Lipinski definition) is 0. The van der Waals surface area contributed by atoms with E-state index in [2.05, 4.69) is 154 Å². The van der Waals surface area contributed by atoms with Gasteiger partial charge in [0.15, 0.2) is 6.10 Å². The van der Waals surface area contributed by atoms with Gasteiger partial charge < -0.3 is 27.9 Å². The maximum Gasteiger partial charge on any atom is 0.306 e. The van der Waals surface area contributed by atoms with Gasteiger partial charge in [0.2, 0.25) is 0 Å². The van der Waals surface area contributed by atoms with Crippen molar-refractivity contribution >= 4 is 19.8 Å². The lowest BCUT2D eigenvalue weighted by molar-refractivity contribution is -0.870. The Labute approximate surface area is 529 Å². The summed E-state index contributed by atoms with van der Waals surface area (Å²) >= 11 is 0. The van der Waals surface area contributed by atoms with Crippen LogP contribution >= 0.6 is 7.82 Å². The number of carbonyl (C=O) groups excluding carboxylic acids is 2. The molecule has 0 spiro atoms. The number of esters is 2. The summed E-state index contributed by atoms with van der Waals surface area (Å²) in [5.74, 6) is -0.904. The molecule has 0 saturated heterocycles. The van der Waals surface area contributed by atoms with Gasteiger partial charge in [-0.05, 0) is 109 Å². The Morgan fingerprint density at radius 3 is 0.965 bits per heavy atom. The molecule has 490 valence electrons. The molecule has 0 aromatic heterocycles. The monoisotopic (exact) mass is 1210 g/mol. The number of likely N-dealkylation sites (N-methyl/N-ethyl adjacent to an activating group) is 1. The number of nitrogens with zero attached hydrogens (tertiary/aromatic N) is 1. The summed E-state index contributed by atoms with van der Waals surface area (Å²) in [6.07, 6.45) is 96.6. The van der Waals surface area contributed by atoms with E-state index in [1.54, 1.807) is 0 Å². The number of phosphoric ester groups is 1. The number of carbonyl (C=O) groups is 2. The first-order valence-corrected chi connectivity index (χ1v) is 36.0. The lowest BCUT2D eigenvalue weighted by Crippen LogP contribution is -2.37. The zero-order chi connectivity index (χ0) is 62.6. The SMILES string of the molecule is CC/C=C\C/C=C\C/C=C\C/C=C\C/C=C\C/C=C\C/C=C\CCCC(=O)OC(COC(=O)CCCCCCCCCCCCCCCCCCCCCCCCC/C=C\C/C=C\C/C=C\C/C=C\C/C=C\CC)COP(=O)([O-])OCC[N+](C)(C)C. The van der Waals surface area contributed by atoms with Crippen molar-refractivity contribution in [3.05, 3.63) is 146 Å². The van der Waals surface area contributed by atoms with Crippen LogP contribution in [-0.2, 0) is 32.7 Å². The van der Waals surface area contributed by atoms with Crippen molar-refractivity contribution in [3.8, 4) is 0 Å². The standard InChI is InChI=1S/C76H128NO8P/c1-6-8-10-12-14-16-18-20-22-24-26-28-30-31-32-33-34-35-36-37-38-39-40-41-42-43-44-45-47-48-50-52-54-56-58-60-62-64-66-68-75(78)82-72-74(73-84-86(80,81)83-71-70-77(3,4)5)85-76(79)69-67-65-63-61-59-57-55-53-51-49-46-29-27-25-23-21-19-17-15-13-11-9-7-2/h8-11,14-17,20-23,26-29,31-32,49,51,55,57,61,63,74H,6-7,12-13,18-19,24-25,30,33-48,50,52-54,56,58-60,62,64-73H2,1-5H3/b10-8-,11-9-,16-14-,17-15-,22-20-,23-21-,28-26-,29-27-,32-31-,51-49-,57-55-,63-61-. The highest BCUT2D eigenvalue weighted by molar-refractivity contribution is 7.45. The van der Waals surface area contributed by atoms with E-state index < -0.39 is 32.5 Å². The van der Waals surface area contributed by atoms with Gasteiger partial charge in [-0.25, -0.2) is 0 Å². The number of rotatable bonds is 62. The molecule has 2 unspecified atom stereocenters. The lowest BCUT2D eigenvalue weighted by atomic mass is 10.0. The van der Waals surface area contributed by atoms with Crippen LogP contribution < -0.4 is 4.89 Å². The van der Waals surface area contributed by atoms with Crippen molar-refractivity contribution in [1.82, 2.24) is 0 Å². The van der Waals surface area contributed by atoms with E-state index in [9.17, 15) is 19.0 Å². The Morgan fingerprint density at radius 2 is 0.640 bits per heavy atom. The van der Waals surface area contributed by atoms with Crippen LogP contribution in [0.3, 0.4) is 0 Å². The second kappa shape index (κ2) is 65.3. The van der Waals surface area contributed by atoms with E-state index in [4.69, 9.17) is 18.5 Å². The number of allylic oxidation sites excluding steroid dienone is 24. The fraction of sp³-hybridized carbons (Fsp3) is 0.658. The van der Waals surface area contributed by atoms with Gasteiger partial charge in [0.25, 0.3) is 7.82 Å². The van der Waals surface area contributed by atoms with Gasteiger partial charge in [-0.1, -0.05) is 295 Å². The molecule has 0 aromatic rings. The predicted octanol–water partition coefficient (Wildman–Crippen LogP) is 22.0. The van der Waals surface area contributed by atoms with E-state index in [0.29, 0.717) is 23.9 Å². The average Bonchev–Trinajstić information content (AvgIpc) is 3.56. The number of hydrogen-bond acceptors (Lipinski definition) is 8. The molecule has 0 amide bonds. The van der Waals surface area contributed by atoms with Crippen molar-refractivity contribution in [2.45, 2.75) is 277 Å². The molecule has 0 bridgehead atoms. The first-order valence-electron chi connectivity index (χ1n) is 34.5. The second-order valence-electron chi connectivity index (χ2n) is 23.8. The molecule has 0 N–H and O–H groups in total. The van der Waals surface area contributed by atoms with Crippen LogP contribution in [0, 0.1) is 0 Å². The Morgan fingerprint density at radius 1 is 0.360 bits per heavy atom. The van der Waals surface area contributed by atoms with Gasteiger partial charge in [0, 0.05) is 12.8 Å². The molecule has 0 aromatic carbocycles. The van der Waals surface area contributed by atoms with Crippen molar-refractivity contribution in [2.75, 3.05) is 47.5 Å². The van der Waals surface area contributed by atoms with Gasteiger partial charge in [-0.2, -0.15) is 0 Å². The molecule has 0 radical (unpaired) electrons. The van der Waals surface area contributed by atoms with Gasteiger partial charge in [-0.3, -0.25) is 14.2 Å². The Balaban J connectivity index is 4.04. The quantitative estimate of drug-likeness (QED) is 0.0195.